The van der Waals surface area contributed by atoms with Crippen molar-refractivity contribution in [3.05, 3.63) is 35.9 Å². The lowest BCUT2D eigenvalue weighted by Crippen LogP contribution is -2.50. The summed E-state index contributed by atoms with van der Waals surface area (Å²) in [5.74, 6) is 0. The van der Waals surface area contributed by atoms with Crippen molar-refractivity contribution in [2.24, 2.45) is 0 Å². The number of benzene rings is 1. The minimum atomic E-state index is 0.622. The van der Waals surface area contributed by atoms with Gasteiger partial charge in [0.15, 0.2) is 0 Å². The van der Waals surface area contributed by atoms with Gasteiger partial charge in [0, 0.05) is 24.2 Å². The first-order chi connectivity index (χ1) is 9.83. The summed E-state index contributed by atoms with van der Waals surface area (Å²) in [6, 6.07) is 14.1. The molecule has 0 aromatic heterocycles. The lowest BCUT2D eigenvalue weighted by atomic mass is 9.92. The third-order valence-electron chi connectivity index (χ3n) is 5.21. The van der Waals surface area contributed by atoms with Crippen molar-refractivity contribution >= 4 is 0 Å². The van der Waals surface area contributed by atoms with Crippen molar-refractivity contribution < 1.29 is 0 Å². The van der Waals surface area contributed by atoms with E-state index in [9.17, 15) is 0 Å². The van der Waals surface area contributed by atoms with E-state index in [2.05, 4.69) is 54.4 Å². The van der Waals surface area contributed by atoms with Crippen molar-refractivity contribution in [1.82, 2.24) is 10.2 Å². The van der Waals surface area contributed by atoms with Gasteiger partial charge in [0.05, 0.1) is 0 Å². The summed E-state index contributed by atoms with van der Waals surface area (Å²) in [7, 11) is 0. The summed E-state index contributed by atoms with van der Waals surface area (Å²) in [6.07, 6.45) is 6.70. The average molecular weight is 272 g/mol. The maximum absolute atomic E-state index is 3.68. The van der Waals surface area contributed by atoms with E-state index < -0.39 is 0 Å². The molecular weight excluding hydrogens is 244 g/mol. The number of piperidine rings is 1. The zero-order valence-corrected chi connectivity index (χ0v) is 12.9. The number of nitrogens with one attached hydrogen (secondary N) is 1. The molecule has 2 bridgehead atoms. The summed E-state index contributed by atoms with van der Waals surface area (Å²) in [5.41, 5.74) is 1.51. The summed E-state index contributed by atoms with van der Waals surface area (Å²) in [6.45, 7) is 5.68. The summed E-state index contributed by atoms with van der Waals surface area (Å²) < 4.78 is 0. The Morgan fingerprint density at radius 1 is 1.10 bits per heavy atom. The molecule has 1 N–H and O–H groups in total. The zero-order valence-electron chi connectivity index (χ0n) is 12.9. The maximum atomic E-state index is 3.68. The monoisotopic (exact) mass is 272 g/mol. The van der Waals surface area contributed by atoms with E-state index in [1.165, 1.54) is 37.7 Å². The highest BCUT2D eigenvalue weighted by atomic mass is 15.3. The number of hydrogen-bond acceptors (Lipinski definition) is 2. The Kier molecular flexibility index (Phi) is 4.42. The van der Waals surface area contributed by atoms with Crippen LogP contribution in [0.1, 0.15) is 57.6 Å². The van der Waals surface area contributed by atoms with Gasteiger partial charge in [0.2, 0.25) is 0 Å². The quantitative estimate of drug-likeness (QED) is 0.878. The highest BCUT2D eigenvalue weighted by Gasteiger charge is 2.43. The molecule has 110 valence electrons. The Balaban J connectivity index is 1.77. The first kappa shape index (κ1) is 14.1. The molecule has 1 aromatic carbocycles. The molecule has 0 aliphatic carbocycles. The van der Waals surface area contributed by atoms with Crippen LogP contribution in [0.15, 0.2) is 30.3 Å². The van der Waals surface area contributed by atoms with Crippen LogP contribution >= 0.6 is 0 Å². The Morgan fingerprint density at radius 2 is 1.75 bits per heavy atom. The van der Waals surface area contributed by atoms with E-state index in [4.69, 9.17) is 0 Å². The Morgan fingerprint density at radius 3 is 2.30 bits per heavy atom. The van der Waals surface area contributed by atoms with Crippen molar-refractivity contribution in [3.8, 4) is 0 Å². The molecule has 2 nitrogen and oxygen atoms in total. The topological polar surface area (TPSA) is 15.3 Å². The van der Waals surface area contributed by atoms with E-state index in [0.29, 0.717) is 6.04 Å². The standard InChI is InChI=1S/C18H28N2/c1-3-18(14-8-6-5-7-9-14)20-16-10-11-17(20)13-15(12-16)19-4-2/h5-9,15-19H,3-4,10-13H2,1-2H3. The molecule has 2 heterocycles. The highest BCUT2D eigenvalue weighted by molar-refractivity contribution is 5.20. The lowest BCUT2D eigenvalue weighted by Gasteiger charge is -2.44. The summed E-state index contributed by atoms with van der Waals surface area (Å²) in [4.78, 5) is 2.85. The molecule has 3 atom stereocenters. The minimum absolute atomic E-state index is 0.622. The fraction of sp³-hybridized carbons (Fsp3) is 0.667. The minimum Gasteiger partial charge on any atom is -0.314 e. The third kappa shape index (κ3) is 2.64. The van der Waals surface area contributed by atoms with Gasteiger partial charge in [-0.3, -0.25) is 4.90 Å². The molecular formula is C18H28N2. The maximum Gasteiger partial charge on any atom is 0.0351 e. The molecule has 0 saturated carbocycles. The van der Waals surface area contributed by atoms with Crippen LogP contribution in [-0.2, 0) is 0 Å². The van der Waals surface area contributed by atoms with Crippen LogP contribution in [0.5, 0.6) is 0 Å². The van der Waals surface area contributed by atoms with E-state index >= 15 is 0 Å². The highest BCUT2D eigenvalue weighted by Crippen LogP contribution is 2.42. The van der Waals surface area contributed by atoms with Gasteiger partial charge < -0.3 is 5.32 Å². The second kappa shape index (κ2) is 6.28. The third-order valence-corrected chi connectivity index (χ3v) is 5.21. The molecule has 2 saturated heterocycles. The van der Waals surface area contributed by atoms with Gasteiger partial charge in [0.25, 0.3) is 0 Å². The zero-order chi connectivity index (χ0) is 13.9. The normalized spacial score (nSPS) is 31.4. The molecule has 1 aromatic rings. The second-order valence-corrected chi connectivity index (χ2v) is 6.39. The largest absolute Gasteiger partial charge is 0.314 e. The van der Waals surface area contributed by atoms with Crippen LogP contribution in [0.4, 0.5) is 0 Å². The Bertz CT molecular complexity index is 403. The van der Waals surface area contributed by atoms with Crippen LogP contribution in [0.3, 0.4) is 0 Å². The van der Waals surface area contributed by atoms with E-state index in [-0.39, 0.29) is 0 Å². The summed E-state index contributed by atoms with van der Waals surface area (Å²) >= 11 is 0. The lowest BCUT2D eigenvalue weighted by molar-refractivity contribution is 0.0674. The van der Waals surface area contributed by atoms with E-state index in [0.717, 1.165) is 24.7 Å². The van der Waals surface area contributed by atoms with Crippen LogP contribution in [0.2, 0.25) is 0 Å². The van der Waals surface area contributed by atoms with Crippen molar-refractivity contribution in [2.45, 2.75) is 70.1 Å². The van der Waals surface area contributed by atoms with Crippen molar-refractivity contribution in [2.75, 3.05) is 6.54 Å². The first-order valence-corrected chi connectivity index (χ1v) is 8.39. The van der Waals surface area contributed by atoms with Gasteiger partial charge >= 0.3 is 0 Å². The predicted molar refractivity (Wildman–Crippen MR) is 84.8 cm³/mol. The van der Waals surface area contributed by atoms with Crippen molar-refractivity contribution in [1.29, 1.82) is 0 Å². The van der Waals surface area contributed by atoms with Gasteiger partial charge in [-0.15, -0.1) is 0 Å². The number of nitrogens with zero attached hydrogens (tertiary/aromatic N) is 1. The molecule has 2 aliphatic heterocycles. The van der Waals surface area contributed by atoms with Crippen LogP contribution < -0.4 is 5.32 Å². The SMILES string of the molecule is CCNC1CC2CCC(C1)N2C(CC)c1ccccc1. The molecule has 3 unspecified atom stereocenters. The smallest absolute Gasteiger partial charge is 0.0351 e. The molecule has 0 radical (unpaired) electrons. The molecule has 0 amide bonds. The molecule has 20 heavy (non-hydrogen) atoms. The molecule has 2 heteroatoms. The second-order valence-electron chi connectivity index (χ2n) is 6.39. The average Bonchev–Trinajstić information content (AvgIpc) is 2.73. The van der Waals surface area contributed by atoms with Gasteiger partial charge in [-0.05, 0) is 44.2 Å². The molecule has 2 aliphatic rings. The number of rotatable bonds is 5. The van der Waals surface area contributed by atoms with Gasteiger partial charge in [-0.1, -0.05) is 44.2 Å². The van der Waals surface area contributed by atoms with Gasteiger partial charge in [0.1, 0.15) is 0 Å². The Labute approximate surface area is 123 Å². The van der Waals surface area contributed by atoms with E-state index in [1.54, 1.807) is 0 Å². The summed E-state index contributed by atoms with van der Waals surface area (Å²) in [5, 5.41) is 3.68. The van der Waals surface area contributed by atoms with Gasteiger partial charge in [-0.2, -0.15) is 0 Å². The van der Waals surface area contributed by atoms with E-state index in [1.807, 2.05) is 0 Å². The fourth-order valence-electron chi connectivity index (χ4n) is 4.47. The Hall–Kier alpha value is -0.860. The van der Waals surface area contributed by atoms with Crippen LogP contribution in [-0.4, -0.2) is 29.6 Å². The number of hydrogen-bond donors (Lipinski definition) is 1. The van der Waals surface area contributed by atoms with Crippen molar-refractivity contribution in [3.63, 3.8) is 0 Å². The number of fused-ring (bicyclic) bond motifs is 2. The van der Waals surface area contributed by atoms with Gasteiger partial charge in [-0.25, -0.2) is 0 Å². The molecule has 0 spiro atoms. The van der Waals surface area contributed by atoms with Crippen LogP contribution in [0.25, 0.3) is 0 Å². The fourth-order valence-corrected chi connectivity index (χ4v) is 4.47. The molecule has 3 rings (SSSR count). The molecule has 2 fully saturated rings. The van der Waals surface area contributed by atoms with Crippen LogP contribution in [0, 0.1) is 0 Å². The predicted octanol–water partition coefficient (Wildman–Crippen LogP) is 3.74. The first-order valence-electron chi connectivity index (χ1n) is 8.39.